The van der Waals surface area contributed by atoms with Crippen LogP contribution >= 0.6 is 0 Å². The van der Waals surface area contributed by atoms with E-state index in [0.717, 1.165) is 15.4 Å². The van der Waals surface area contributed by atoms with Gasteiger partial charge >= 0.3 is 0 Å². The molecule has 0 fully saturated rings. The molecule has 3 aromatic carbocycles. The Hall–Kier alpha value is -4.45. The zero-order chi connectivity index (χ0) is 33.3. The molecule has 45 heavy (non-hydrogen) atoms. The van der Waals surface area contributed by atoms with Crippen LogP contribution in [0.15, 0.2) is 65.6 Å². The summed E-state index contributed by atoms with van der Waals surface area (Å²) in [5, 5.41) is 2.94. The molecule has 3 aromatic rings. The molecule has 244 valence electrons. The fraction of sp³-hybridized carbons (Fsp3) is 0.394. The lowest BCUT2D eigenvalue weighted by Gasteiger charge is -2.33. The summed E-state index contributed by atoms with van der Waals surface area (Å²) in [6, 6.07) is 15.3. The van der Waals surface area contributed by atoms with Crippen molar-refractivity contribution in [3.8, 4) is 23.0 Å². The number of nitrogens with zero attached hydrogens (tertiary/aromatic N) is 2. The molecule has 0 aliphatic rings. The predicted molar refractivity (Wildman–Crippen MR) is 173 cm³/mol. The van der Waals surface area contributed by atoms with Gasteiger partial charge in [-0.2, -0.15) is 0 Å². The minimum absolute atomic E-state index is 0.0764. The highest BCUT2D eigenvalue weighted by atomic mass is 32.2. The molecule has 0 saturated carbocycles. The van der Waals surface area contributed by atoms with E-state index in [4.69, 9.17) is 18.9 Å². The second-order valence-electron chi connectivity index (χ2n) is 10.5. The predicted octanol–water partition coefficient (Wildman–Crippen LogP) is 4.56. The largest absolute Gasteiger partial charge is 0.497 e. The van der Waals surface area contributed by atoms with Crippen molar-refractivity contribution < 1.29 is 37.0 Å². The van der Waals surface area contributed by atoms with Gasteiger partial charge < -0.3 is 29.2 Å². The lowest BCUT2D eigenvalue weighted by atomic mass is 10.1. The first-order valence-corrected chi connectivity index (χ1v) is 16.0. The number of aryl methyl sites for hydroxylation is 1. The summed E-state index contributed by atoms with van der Waals surface area (Å²) < 4.78 is 51.4. The fourth-order valence-corrected chi connectivity index (χ4v) is 6.06. The molecule has 0 bridgehead atoms. The van der Waals surface area contributed by atoms with Crippen LogP contribution in [-0.4, -0.2) is 72.2 Å². The van der Waals surface area contributed by atoms with Crippen LogP contribution in [0.4, 0.5) is 5.69 Å². The smallest absolute Gasteiger partial charge is 0.265 e. The van der Waals surface area contributed by atoms with Crippen LogP contribution in [0.2, 0.25) is 0 Å². The quantitative estimate of drug-likeness (QED) is 0.256. The number of methoxy groups -OCH3 is 4. The van der Waals surface area contributed by atoms with Crippen molar-refractivity contribution in [2.24, 2.45) is 0 Å². The maximum atomic E-state index is 14.4. The van der Waals surface area contributed by atoms with E-state index in [1.54, 1.807) is 19.1 Å². The van der Waals surface area contributed by atoms with Crippen LogP contribution < -0.4 is 28.6 Å². The molecule has 1 N–H and O–H groups in total. The zero-order valence-corrected chi connectivity index (χ0v) is 27.9. The Morgan fingerprint density at radius 3 is 2.09 bits per heavy atom. The molecule has 0 radical (unpaired) electrons. The molecule has 2 unspecified atom stereocenters. The third kappa shape index (κ3) is 8.18. The number of amides is 2. The third-order valence-electron chi connectivity index (χ3n) is 7.65. The Labute approximate surface area is 266 Å². The van der Waals surface area contributed by atoms with Gasteiger partial charge in [0.15, 0.2) is 11.5 Å². The number of ether oxygens (including phenoxy) is 4. The number of rotatable bonds is 15. The average Bonchev–Trinajstić information content (AvgIpc) is 3.05. The molecule has 2 amide bonds. The van der Waals surface area contributed by atoms with E-state index in [-0.39, 0.29) is 40.6 Å². The van der Waals surface area contributed by atoms with Crippen LogP contribution in [0.3, 0.4) is 0 Å². The zero-order valence-electron chi connectivity index (χ0n) is 27.1. The van der Waals surface area contributed by atoms with E-state index in [2.05, 4.69) is 5.32 Å². The van der Waals surface area contributed by atoms with Crippen LogP contribution in [0.25, 0.3) is 0 Å². The molecule has 0 aliphatic carbocycles. The number of carbonyl (C=O) groups is 2. The molecule has 3 rings (SSSR count). The molecule has 0 spiro atoms. The van der Waals surface area contributed by atoms with Gasteiger partial charge in [0.05, 0.1) is 39.0 Å². The van der Waals surface area contributed by atoms with E-state index in [0.29, 0.717) is 17.9 Å². The summed E-state index contributed by atoms with van der Waals surface area (Å²) in [6.07, 6.45) is 0.706. The van der Waals surface area contributed by atoms with Gasteiger partial charge in [-0.1, -0.05) is 31.2 Å². The molecule has 11 nitrogen and oxygen atoms in total. The number of hydrogen-bond donors (Lipinski definition) is 1. The first-order valence-electron chi connectivity index (χ1n) is 14.5. The second kappa shape index (κ2) is 15.5. The van der Waals surface area contributed by atoms with Gasteiger partial charge in [0.2, 0.25) is 11.8 Å². The van der Waals surface area contributed by atoms with Gasteiger partial charge in [-0.3, -0.25) is 13.9 Å². The van der Waals surface area contributed by atoms with E-state index in [1.165, 1.54) is 57.6 Å². The van der Waals surface area contributed by atoms with Crippen molar-refractivity contribution in [1.29, 1.82) is 0 Å². The normalized spacial score (nSPS) is 12.4. The second-order valence-corrected chi connectivity index (χ2v) is 12.4. The first kappa shape index (κ1) is 35.0. The summed E-state index contributed by atoms with van der Waals surface area (Å²) in [5.74, 6) is 0.130. The number of anilines is 1. The number of hydrogen-bond acceptors (Lipinski definition) is 8. The number of sulfonamides is 1. The number of benzene rings is 3. The maximum Gasteiger partial charge on any atom is 0.265 e. The van der Waals surface area contributed by atoms with Crippen LogP contribution in [-0.2, 0) is 26.2 Å². The SMILES string of the molecule is CCC(C)NC(=O)C(C)N(Cc1ccccc1C)C(=O)CN(c1cc(OC)ccc1OC)S(=O)(=O)c1ccc(OC)c(OC)c1. The topological polar surface area (TPSA) is 124 Å². The molecular weight excluding hydrogens is 598 g/mol. The molecule has 12 heteroatoms. The van der Waals surface area contributed by atoms with E-state index < -0.39 is 28.5 Å². The van der Waals surface area contributed by atoms with E-state index in [1.807, 2.05) is 45.0 Å². The van der Waals surface area contributed by atoms with Crippen LogP contribution in [0.1, 0.15) is 38.3 Å². The highest BCUT2D eigenvalue weighted by Crippen LogP contribution is 2.37. The van der Waals surface area contributed by atoms with E-state index in [9.17, 15) is 18.0 Å². The Kier molecular flexibility index (Phi) is 12.1. The van der Waals surface area contributed by atoms with Crippen molar-refractivity contribution in [1.82, 2.24) is 10.2 Å². The minimum Gasteiger partial charge on any atom is -0.497 e. The Morgan fingerprint density at radius 1 is 0.844 bits per heavy atom. The van der Waals surface area contributed by atoms with Crippen molar-refractivity contribution in [3.05, 3.63) is 71.8 Å². The van der Waals surface area contributed by atoms with Gasteiger partial charge in [-0.25, -0.2) is 8.42 Å². The summed E-state index contributed by atoms with van der Waals surface area (Å²) >= 11 is 0. The van der Waals surface area contributed by atoms with Gasteiger partial charge in [-0.15, -0.1) is 0 Å². The standard InChI is InChI=1S/C33H43N3O8S/c1-9-23(3)34-33(38)24(4)35(20-25-13-11-10-12-22(25)2)32(37)21-36(28-18-26(41-5)14-16-29(28)42-6)45(39,40)27-15-17-30(43-7)31(19-27)44-8/h10-19,23-24H,9,20-21H2,1-8H3,(H,34,38). The monoisotopic (exact) mass is 641 g/mol. The van der Waals surface area contributed by atoms with Crippen molar-refractivity contribution in [3.63, 3.8) is 0 Å². The van der Waals surface area contributed by atoms with Crippen molar-refractivity contribution >= 4 is 27.5 Å². The maximum absolute atomic E-state index is 14.4. The number of carbonyl (C=O) groups excluding carboxylic acids is 2. The van der Waals surface area contributed by atoms with Gasteiger partial charge in [0, 0.05) is 24.7 Å². The molecule has 2 atom stereocenters. The Bertz CT molecular complexity index is 1590. The van der Waals surface area contributed by atoms with Crippen molar-refractivity contribution in [2.75, 3.05) is 39.3 Å². The van der Waals surface area contributed by atoms with Gasteiger partial charge in [0.1, 0.15) is 24.1 Å². The lowest BCUT2D eigenvalue weighted by molar-refractivity contribution is -0.139. The van der Waals surface area contributed by atoms with Crippen LogP contribution in [0, 0.1) is 6.92 Å². The summed E-state index contributed by atoms with van der Waals surface area (Å²) in [5.41, 5.74) is 1.82. The molecule has 0 saturated heterocycles. The van der Waals surface area contributed by atoms with Gasteiger partial charge in [-0.05, 0) is 62.6 Å². The Balaban J connectivity index is 2.18. The fourth-order valence-electron chi connectivity index (χ4n) is 4.63. The number of nitrogens with one attached hydrogen (secondary N) is 1. The highest BCUT2D eigenvalue weighted by Gasteiger charge is 2.35. The average molecular weight is 642 g/mol. The molecule has 0 aromatic heterocycles. The summed E-state index contributed by atoms with van der Waals surface area (Å²) in [6.45, 7) is 6.81. The highest BCUT2D eigenvalue weighted by molar-refractivity contribution is 7.92. The Morgan fingerprint density at radius 2 is 1.49 bits per heavy atom. The molecule has 0 aliphatic heterocycles. The molecule has 0 heterocycles. The summed E-state index contributed by atoms with van der Waals surface area (Å²) in [4.78, 5) is 28.9. The van der Waals surface area contributed by atoms with E-state index >= 15 is 0 Å². The summed E-state index contributed by atoms with van der Waals surface area (Å²) in [7, 11) is 1.26. The van der Waals surface area contributed by atoms with Crippen LogP contribution in [0.5, 0.6) is 23.0 Å². The molecular formula is C33H43N3O8S. The van der Waals surface area contributed by atoms with Gasteiger partial charge in [0.25, 0.3) is 10.0 Å². The third-order valence-corrected chi connectivity index (χ3v) is 9.40. The van der Waals surface area contributed by atoms with Crippen molar-refractivity contribution in [2.45, 2.75) is 57.6 Å². The first-order chi connectivity index (χ1) is 21.4. The minimum atomic E-state index is -4.43. The lowest BCUT2D eigenvalue weighted by Crippen LogP contribution is -2.52.